The van der Waals surface area contributed by atoms with Crippen LogP contribution in [0.5, 0.6) is 0 Å². The predicted molar refractivity (Wildman–Crippen MR) is 85.6 cm³/mol. The Hall–Kier alpha value is -1.13. The molecule has 100 valence electrons. The number of hydrogen-bond donors (Lipinski definition) is 1. The number of aryl methyl sites for hydroxylation is 2. The summed E-state index contributed by atoms with van der Waals surface area (Å²) in [4.78, 5) is 13.0. The van der Waals surface area contributed by atoms with E-state index >= 15 is 0 Å². The first-order valence-corrected chi connectivity index (χ1v) is 8.27. The van der Waals surface area contributed by atoms with Crippen molar-refractivity contribution in [2.75, 3.05) is 10.6 Å². The zero-order chi connectivity index (χ0) is 13.7. The summed E-state index contributed by atoms with van der Waals surface area (Å²) in [6.45, 7) is 2.06. The fourth-order valence-electron chi connectivity index (χ4n) is 1.87. The largest absolute Gasteiger partial charge is 0.321 e. The van der Waals surface area contributed by atoms with Crippen LogP contribution < -0.4 is 5.32 Å². The number of nitrogens with one attached hydrogen (secondary N) is 1. The van der Waals surface area contributed by atoms with Crippen LogP contribution in [-0.2, 0) is 12.8 Å². The normalized spacial score (nSPS) is 10.4. The quantitative estimate of drug-likeness (QED) is 0.799. The second kappa shape index (κ2) is 6.87. The van der Waals surface area contributed by atoms with Gasteiger partial charge in [-0.1, -0.05) is 35.0 Å². The summed E-state index contributed by atoms with van der Waals surface area (Å²) in [5.74, 6) is -0.0138. The minimum absolute atomic E-state index is 0.0138. The Labute approximate surface area is 126 Å². The van der Waals surface area contributed by atoms with E-state index in [0.717, 1.165) is 34.3 Å². The van der Waals surface area contributed by atoms with Gasteiger partial charge >= 0.3 is 0 Å². The zero-order valence-electron chi connectivity index (χ0n) is 10.8. The number of benzene rings is 1. The first-order valence-electron chi connectivity index (χ1n) is 6.27. The summed E-state index contributed by atoms with van der Waals surface area (Å²) < 4.78 is 0. The first kappa shape index (κ1) is 14.3. The molecule has 0 spiro atoms. The number of anilines is 1. The fraction of sp³-hybridized carbons (Fsp3) is 0.267. The number of rotatable bonds is 5. The van der Waals surface area contributed by atoms with Crippen molar-refractivity contribution in [2.24, 2.45) is 0 Å². The van der Waals surface area contributed by atoms with E-state index in [4.69, 9.17) is 0 Å². The molecule has 1 N–H and O–H groups in total. The van der Waals surface area contributed by atoms with Crippen LogP contribution in [0.25, 0.3) is 0 Å². The van der Waals surface area contributed by atoms with Crippen LogP contribution in [0, 0.1) is 0 Å². The predicted octanol–water partition coefficient (Wildman–Crippen LogP) is 4.50. The second-order valence-corrected chi connectivity index (χ2v) is 5.93. The van der Waals surface area contributed by atoms with Crippen molar-refractivity contribution >= 4 is 38.9 Å². The van der Waals surface area contributed by atoms with Crippen molar-refractivity contribution in [1.29, 1.82) is 0 Å². The molecule has 0 saturated carbocycles. The molecule has 0 aliphatic carbocycles. The summed E-state index contributed by atoms with van der Waals surface area (Å²) in [7, 11) is 0. The Morgan fingerprint density at radius 1 is 1.26 bits per heavy atom. The number of amides is 1. The number of halogens is 1. The van der Waals surface area contributed by atoms with E-state index in [1.165, 1.54) is 16.9 Å². The number of hydrogen-bond acceptors (Lipinski definition) is 2. The van der Waals surface area contributed by atoms with E-state index in [2.05, 4.69) is 28.2 Å². The third-order valence-electron chi connectivity index (χ3n) is 2.93. The topological polar surface area (TPSA) is 29.1 Å². The zero-order valence-corrected chi connectivity index (χ0v) is 13.2. The van der Waals surface area contributed by atoms with Gasteiger partial charge in [-0.2, -0.15) is 0 Å². The molecule has 2 rings (SSSR count). The van der Waals surface area contributed by atoms with E-state index in [1.807, 2.05) is 35.7 Å². The summed E-state index contributed by atoms with van der Waals surface area (Å²) in [6, 6.07) is 10.0. The lowest BCUT2D eigenvalue weighted by Crippen LogP contribution is -2.11. The van der Waals surface area contributed by atoms with Gasteiger partial charge in [0.15, 0.2) is 0 Å². The number of alkyl halides is 1. The average molecular weight is 338 g/mol. The molecule has 0 aliphatic heterocycles. The maximum atomic E-state index is 12.2. The molecule has 0 fully saturated rings. The lowest BCUT2D eigenvalue weighted by molar-refractivity contribution is 0.103. The Morgan fingerprint density at radius 3 is 2.63 bits per heavy atom. The molecular weight excluding hydrogens is 322 g/mol. The molecule has 2 nitrogen and oxygen atoms in total. The van der Waals surface area contributed by atoms with Gasteiger partial charge in [0, 0.05) is 11.0 Å². The average Bonchev–Trinajstić information content (AvgIpc) is 2.90. The Kier molecular flexibility index (Phi) is 5.16. The molecule has 1 aromatic carbocycles. The van der Waals surface area contributed by atoms with Crippen LogP contribution in [0.15, 0.2) is 35.7 Å². The fourth-order valence-corrected chi connectivity index (χ4v) is 3.21. The molecule has 0 unspecified atom stereocenters. The van der Waals surface area contributed by atoms with Gasteiger partial charge in [0.2, 0.25) is 0 Å². The molecule has 0 bridgehead atoms. The van der Waals surface area contributed by atoms with Crippen LogP contribution >= 0.6 is 27.3 Å². The van der Waals surface area contributed by atoms with E-state index in [9.17, 15) is 4.79 Å². The molecule has 1 aromatic heterocycles. The van der Waals surface area contributed by atoms with Gasteiger partial charge in [0.05, 0.1) is 4.88 Å². The van der Waals surface area contributed by atoms with Crippen molar-refractivity contribution in [3.8, 4) is 0 Å². The van der Waals surface area contributed by atoms with E-state index in [0.29, 0.717) is 0 Å². The molecule has 0 atom stereocenters. The van der Waals surface area contributed by atoms with Gasteiger partial charge in [0.1, 0.15) is 0 Å². The highest BCUT2D eigenvalue weighted by atomic mass is 79.9. The van der Waals surface area contributed by atoms with Crippen LogP contribution in [0.4, 0.5) is 5.69 Å². The van der Waals surface area contributed by atoms with Gasteiger partial charge in [-0.05, 0) is 47.5 Å². The van der Waals surface area contributed by atoms with Crippen molar-refractivity contribution in [3.05, 3.63) is 51.7 Å². The summed E-state index contributed by atoms with van der Waals surface area (Å²) in [5, 5.41) is 5.87. The van der Waals surface area contributed by atoms with Crippen molar-refractivity contribution in [3.63, 3.8) is 0 Å². The molecule has 0 aliphatic rings. The standard InChI is InChI=1S/C15H16BrNOS/c1-2-12-8-10-19-14(12)15(18)17-13-5-3-11(4-6-13)7-9-16/h3-6,8,10H,2,7,9H2,1H3,(H,17,18). The Balaban J connectivity index is 2.06. The molecule has 1 heterocycles. The summed E-state index contributed by atoms with van der Waals surface area (Å²) in [6.07, 6.45) is 1.88. The van der Waals surface area contributed by atoms with Crippen molar-refractivity contribution < 1.29 is 4.79 Å². The van der Waals surface area contributed by atoms with Crippen LogP contribution in [0.1, 0.15) is 27.7 Å². The van der Waals surface area contributed by atoms with Crippen LogP contribution in [-0.4, -0.2) is 11.2 Å². The Bertz CT molecular complexity index is 548. The molecular formula is C15H16BrNOS. The summed E-state index contributed by atoms with van der Waals surface area (Å²) in [5.41, 5.74) is 3.22. The Morgan fingerprint density at radius 2 is 2.00 bits per heavy atom. The van der Waals surface area contributed by atoms with E-state index < -0.39 is 0 Å². The monoisotopic (exact) mass is 337 g/mol. The number of carbonyl (C=O) groups excluding carboxylic acids is 1. The number of thiophene rings is 1. The molecule has 2 aromatic rings. The minimum atomic E-state index is -0.0138. The molecule has 0 saturated heterocycles. The van der Waals surface area contributed by atoms with E-state index in [1.54, 1.807) is 0 Å². The smallest absolute Gasteiger partial charge is 0.266 e. The molecule has 19 heavy (non-hydrogen) atoms. The highest BCUT2D eigenvalue weighted by molar-refractivity contribution is 9.09. The van der Waals surface area contributed by atoms with Crippen LogP contribution in [0.2, 0.25) is 0 Å². The number of carbonyl (C=O) groups is 1. The van der Waals surface area contributed by atoms with Gasteiger partial charge in [-0.3, -0.25) is 4.79 Å². The highest BCUT2D eigenvalue weighted by Crippen LogP contribution is 2.19. The maximum Gasteiger partial charge on any atom is 0.266 e. The van der Waals surface area contributed by atoms with Gasteiger partial charge in [0.25, 0.3) is 5.91 Å². The van der Waals surface area contributed by atoms with Gasteiger partial charge in [-0.15, -0.1) is 11.3 Å². The third-order valence-corrected chi connectivity index (χ3v) is 4.28. The summed E-state index contributed by atoms with van der Waals surface area (Å²) >= 11 is 4.91. The van der Waals surface area contributed by atoms with Crippen molar-refractivity contribution in [2.45, 2.75) is 19.8 Å². The highest BCUT2D eigenvalue weighted by Gasteiger charge is 2.11. The molecule has 1 amide bonds. The van der Waals surface area contributed by atoms with Gasteiger partial charge < -0.3 is 5.32 Å². The minimum Gasteiger partial charge on any atom is -0.321 e. The van der Waals surface area contributed by atoms with Crippen LogP contribution in [0.3, 0.4) is 0 Å². The lowest BCUT2D eigenvalue weighted by atomic mass is 10.1. The molecule has 4 heteroatoms. The van der Waals surface area contributed by atoms with E-state index in [-0.39, 0.29) is 5.91 Å². The third kappa shape index (κ3) is 3.67. The SMILES string of the molecule is CCc1ccsc1C(=O)Nc1ccc(CCBr)cc1. The first-order chi connectivity index (χ1) is 9.24. The van der Waals surface area contributed by atoms with Gasteiger partial charge in [-0.25, -0.2) is 0 Å². The van der Waals surface area contributed by atoms with Crippen molar-refractivity contribution in [1.82, 2.24) is 0 Å². The lowest BCUT2D eigenvalue weighted by Gasteiger charge is -2.06. The maximum absolute atomic E-state index is 12.2. The molecule has 0 radical (unpaired) electrons. The second-order valence-electron chi connectivity index (χ2n) is 4.22.